The zero-order valence-corrected chi connectivity index (χ0v) is 25.9. The van der Waals surface area contributed by atoms with Crippen molar-refractivity contribution in [2.45, 2.75) is 66.1 Å². The minimum absolute atomic E-state index is 0.0376. The van der Waals surface area contributed by atoms with Crippen LogP contribution in [0, 0.1) is 0 Å². The summed E-state index contributed by atoms with van der Waals surface area (Å²) in [6, 6.07) is 13.5. The second kappa shape index (κ2) is 13.6. The first-order valence-corrected chi connectivity index (χ1v) is 13.8. The lowest BCUT2D eigenvalue weighted by atomic mass is 10.2. The van der Waals surface area contributed by atoms with Crippen LogP contribution < -0.4 is 20.3 Å². The minimum atomic E-state index is -0.993. The zero-order valence-electron chi connectivity index (χ0n) is 25.1. The van der Waals surface area contributed by atoms with Crippen molar-refractivity contribution in [3.63, 3.8) is 0 Å². The molecule has 0 aliphatic rings. The van der Waals surface area contributed by atoms with E-state index in [4.69, 9.17) is 25.8 Å². The summed E-state index contributed by atoms with van der Waals surface area (Å²) in [6.45, 7) is 11.7. The van der Waals surface area contributed by atoms with Gasteiger partial charge in [-0.15, -0.1) is 0 Å². The summed E-state index contributed by atoms with van der Waals surface area (Å²) < 4.78 is 16.6. The van der Waals surface area contributed by atoms with E-state index in [1.165, 1.54) is 24.4 Å². The first-order chi connectivity index (χ1) is 20.0. The Kier molecular flexibility index (Phi) is 10.4. The summed E-state index contributed by atoms with van der Waals surface area (Å²) in [5.74, 6) is 0.848. The Morgan fingerprint density at radius 1 is 0.791 bits per heavy atom. The molecule has 0 atom stereocenters. The van der Waals surface area contributed by atoms with Gasteiger partial charge in [-0.1, -0.05) is 18.5 Å². The fourth-order valence-electron chi connectivity index (χ4n) is 3.49. The Morgan fingerprint density at radius 2 is 1.35 bits per heavy atom. The maximum absolute atomic E-state index is 13.0. The third-order valence-electron chi connectivity index (χ3n) is 5.28. The molecule has 0 radical (unpaired) electrons. The fourth-order valence-corrected chi connectivity index (χ4v) is 3.69. The van der Waals surface area contributed by atoms with E-state index in [0.717, 1.165) is 0 Å². The number of hydrogen-bond donors (Lipinski definition) is 2. The van der Waals surface area contributed by atoms with Gasteiger partial charge in [0.2, 0.25) is 0 Å². The number of benzene rings is 2. The molecule has 0 saturated heterocycles. The molecule has 2 aromatic carbocycles. The molecule has 0 aliphatic heterocycles. The summed E-state index contributed by atoms with van der Waals surface area (Å²) in [5, 5.41) is 5.40. The Bertz CT molecular complexity index is 1470. The van der Waals surface area contributed by atoms with Crippen LogP contribution in [-0.4, -0.2) is 40.2 Å². The number of Topliss-reactive ketones (excluding diaryl/α,β-unsaturated/α-hetero) is 1. The van der Waals surface area contributed by atoms with Crippen molar-refractivity contribution < 1.29 is 33.4 Å². The third kappa shape index (κ3) is 10.00. The first-order valence-electron chi connectivity index (χ1n) is 13.5. The number of ketones is 1. The molecular formula is C31H35ClN4O7. The zero-order chi connectivity index (χ0) is 31.9. The summed E-state index contributed by atoms with van der Waals surface area (Å²) in [4.78, 5) is 55.5. The highest BCUT2D eigenvalue weighted by Gasteiger charge is 2.34. The van der Waals surface area contributed by atoms with E-state index in [9.17, 15) is 19.2 Å². The predicted octanol–water partition coefficient (Wildman–Crippen LogP) is 8.44. The molecule has 0 bridgehead atoms. The van der Waals surface area contributed by atoms with Gasteiger partial charge in [-0.2, -0.15) is 4.90 Å². The number of hydrogen-bond acceptors (Lipinski definition) is 8. The lowest BCUT2D eigenvalue weighted by molar-refractivity contribution is 0.0430. The molecule has 2 N–H and O–H groups in total. The average Bonchev–Trinajstić information content (AvgIpc) is 2.89. The van der Waals surface area contributed by atoms with Gasteiger partial charge in [0.1, 0.15) is 28.4 Å². The molecule has 0 spiro atoms. The number of amides is 4. The molecule has 43 heavy (non-hydrogen) atoms. The molecular weight excluding hydrogens is 576 g/mol. The van der Waals surface area contributed by atoms with Crippen molar-refractivity contribution in [2.24, 2.45) is 0 Å². The number of aromatic nitrogens is 1. The number of halogens is 1. The number of carbonyl (C=O) groups excluding carboxylic acids is 4. The predicted molar refractivity (Wildman–Crippen MR) is 164 cm³/mol. The molecule has 11 nitrogen and oxygen atoms in total. The number of nitrogens with one attached hydrogen (secondary N) is 2. The van der Waals surface area contributed by atoms with Crippen LogP contribution in [0.3, 0.4) is 0 Å². The smallest absolute Gasteiger partial charge is 0.424 e. The monoisotopic (exact) mass is 610 g/mol. The molecule has 0 saturated carbocycles. The quantitative estimate of drug-likeness (QED) is 0.254. The number of carbonyl (C=O) groups is 4. The Hall–Kier alpha value is -4.64. The molecule has 1 aromatic heterocycles. The molecule has 0 fully saturated rings. The normalized spacial score (nSPS) is 11.3. The third-order valence-corrected chi connectivity index (χ3v) is 5.60. The average molecular weight is 611 g/mol. The molecule has 228 valence electrons. The van der Waals surface area contributed by atoms with Crippen LogP contribution in [0.4, 0.5) is 31.4 Å². The molecule has 12 heteroatoms. The lowest BCUT2D eigenvalue weighted by Crippen LogP contribution is -2.44. The van der Waals surface area contributed by atoms with Crippen molar-refractivity contribution in [3.8, 4) is 11.5 Å². The molecule has 3 aromatic rings. The molecule has 0 unspecified atom stereocenters. The second-order valence-corrected chi connectivity index (χ2v) is 11.7. The van der Waals surface area contributed by atoms with E-state index < -0.39 is 29.4 Å². The van der Waals surface area contributed by atoms with Gasteiger partial charge < -0.3 is 24.8 Å². The summed E-state index contributed by atoms with van der Waals surface area (Å²) in [6.07, 6.45) is -0.150. The van der Waals surface area contributed by atoms with Crippen LogP contribution in [-0.2, 0) is 9.47 Å². The van der Waals surface area contributed by atoms with Crippen LogP contribution in [0.5, 0.6) is 11.5 Å². The maximum Gasteiger partial charge on any atom is 0.424 e. The van der Waals surface area contributed by atoms with Gasteiger partial charge in [0.05, 0.1) is 10.7 Å². The van der Waals surface area contributed by atoms with Crippen LogP contribution in [0.2, 0.25) is 5.02 Å². The second-order valence-electron chi connectivity index (χ2n) is 11.3. The number of nitrogens with zero attached hydrogens (tertiary/aromatic N) is 2. The van der Waals surface area contributed by atoms with E-state index in [1.807, 2.05) is 0 Å². The Morgan fingerprint density at radius 3 is 1.91 bits per heavy atom. The van der Waals surface area contributed by atoms with E-state index >= 15 is 0 Å². The van der Waals surface area contributed by atoms with Crippen molar-refractivity contribution in [1.29, 1.82) is 0 Å². The largest absolute Gasteiger partial charge is 0.457 e. The highest BCUT2D eigenvalue weighted by Crippen LogP contribution is 2.32. The molecule has 0 aliphatic carbocycles. The Balaban J connectivity index is 1.74. The number of anilines is 3. The maximum atomic E-state index is 13.0. The molecule has 4 amide bonds. The first kappa shape index (κ1) is 32.9. The highest BCUT2D eigenvalue weighted by atomic mass is 35.5. The highest BCUT2D eigenvalue weighted by molar-refractivity contribution is 6.35. The van der Waals surface area contributed by atoms with Crippen LogP contribution in [0.1, 0.15) is 65.4 Å². The van der Waals surface area contributed by atoms with Gasteiger partial charge in [0.25, 0.3) is 0 Å². The fraction of sp³-hybridized carbons (Fsp3) is 0.323. The van der Waals surface area contributed by atoms with E-state index in [1.54, 1.807) is 84.9 Å². The number of rotatable bonds is 7. The molecule has 1 heterocycles. The lowest BCUT2D eigenvalue weighted by Gasteiger charge is -2.29. The van der Waals surface area contributed by atoms with Crippen LogP contribution in [0.15, 0.2) is 60.8 Å². The van der Waals surface area contributed by atoms with Gasteiger partial charge in [0, 0.05) is 30.1 Å². The van der Waals surface area contributed by atoms with Crippen LogP contribution in [0.25, 0.3) is 0 Å². The van der Waals surface area contributed by atoms with Crippen LogP contribution >= 0.6 is 11.6 Å². The van der Waals surface area contributed by atoms with Gasteiger partial charge in [0.15, 0.2) is 5.78 Å². The van der Waals surface area contributed by atoms with Gasteiger partial charge in [-0.25, -0.2) is 14.4 Å². The summed E-state index contributed by atoms with van der Waals surface area (Å²) >= 11 is 6.37. The summed E-state index contributed by atoms with van der Waals surface area (Å²) in [5.41, 5.74) is -0.834. The van der Waals surface area contributed by atoms with Crippen molar-refractivity contribution >= 4 is 52.7 Å². The van der Waals surface area contributed by atoms with E-state index in [-0.39, 0.29) is 22.2 Å². The van der Waals surface area contributed by atoms with Gasteiger partial charge in [-0.3, -0.25) is 9.78 Å². The standard InChI is InChI=1S/C31H35ClN4O7/c1-8-26(37)24-18-22(15-16-33-24)41-21-12-9-19(10-13-21)34-27(38)35-20-11-14-23(32)25(17-20)36(28(39)42-30(2,3)4)29(40)43-31(5,6)7/h9-18H,8H2,1-7H3,(H2,34,35,38). The molecule has 3 rings (SSSR count). The number of ether oxygens (including phenoxy) is 3. The number of imide groups is 1. The van der Waals surface area contributed by atoms with Gasteiger partial charge >= 0.3 is 18.2 Å². The van der Waals surface area contributed by atoms with E-state index in [2.05, 4.69) is 15.6 Å². The number of urea groups is 1. The van der Waals surface area contributed by atoms with E-state index in [0.29, 0.717) is 34.2 Å². The van der Waals surface area contributed by atoms with Crippen molar-refractivity contribution in [1.82, 2.24) is 4.98 Å². The van der Waals surface area contributed by atoms with Crippen molar-refractivity contribution in [2.75, 3.05) is 15.5 Å². The summed E-state index contributed by atoms with van der Waals surface area (Å²) in [7, 11) is 0. The SMILES string of the molecule is CCC(=O)c1cc(Oc2ccc(NC(=O)Nc3ccc(Cl)c(N(C(=O)OC(C)(C)C)C(=O)OC(C)(C)C)c3)cc2)ccn1. The Labute approximate surface area is 255 Å². The van der Waals surface area contributed by atoms with Gasteiger partial charge in [-0.05, 0) is 90.1 Å². The topological polar surface area (TPSA) is 136 Å². The minimum Gasteiger partial charge on any atom is -0.457 e. The van der Waals surface area contributed by atoms with Crippen molar-refractivity contribution in [3.05, 3.63) is 71.5 Å². The number of pyridine rings is 1.